The third-order valence-electron chi connectivity index (χ3n) is 9.34. The van der Waals surface area contributed by atoms with Crippen molar-refractivity contribution in [2.45, 2.75) is 0 Å². The zero-order valence-electron chi connectivity index (χ0n) is 26.7. The van der Waals surface area contributed by atoms with Crippen LogP contribution in [0.2, 0.25) is 0 Å². The van der Waals surface area contributed by atoms with Crippen molar-refractivity contribution < 1.29 is 8.83 Å². The lowest BCUT2D eigenvalue weighted by Crippen LogP contribution is -2.00. The first kappa shape index (κ1) is 28.2. The summed E-state index contributed by atoms with van der Waals surface area (Å²) in [5, 5.41) is 4.27. The van der Waals surface area contributed by atoms with Gasteiger partial charge in [-0.3, -0.25) is 0 Å². The number of furan rings is 2. The minimum atomic E-state index is 0.566. The Kier molecular flexibility index (Phi) is 6.42. The Morgan fingerprint density at radius 2 is 0.820 bits per heavy atom. The van der Waals surface area contributed by atoms with E-state index >= 15 is 0 Å². The Morgan fingerprint density at radius 1 is 0.300 bits per heavy atom. The van der Waals surface area contributed by atoms with Crippen molar-refractivity contribution in [1.29, 1.82) is 0 Å². The van der Waals surface area contributed by atoms with Crippen LogP contribution in [0.1, 0.15) is 0 Å². The second kappa shape index (κ2) is 11.4. The van der Waals surface area contributed by atoms with E-state index in [0.717, 1.165) is 71.7 Å². The number of rotatable bonds is 5. The molecule has 3 aromatic heterocycles. The lowest BCUT2D eigenvalue weighted by Gasteiger charge is -2.09. The standard InChI is InChI=1S/C45H27N3O2/c1-3-11-28(12-4-1)30-15-9-16-31(25-30)34-18-10-20-39-42(34)37-24-22-33(27-41(37)50-39)45-47-43(29-13-5-2-6-14-29)46-44(48-45)32-21-23-36-35-17-7-8-19-38(35)49-40(36)26-32/h1-27H. The maximum Gasteiger partial charge on any atom is 0.164 e. The topological polar surface area (TPSA) is 65.0 Å². The van der Waals surface area contributed by atoms with Gasteiger partial charge in [0.05, 0.1) is 0 Å². The first-order chi connectivity index (χ1) is 24.7. The summed E-state index contributed by atoms with van der Waals surface area (Å²) in [6, 6.07) is 55.9. The van der Waals surface area contributed by atoms with Crippen molar-refractivity contribution in [1.82, 2.24) is 15.0 Å². The molecule has 234 valence electrons. The Balaban J connectivity index is 1.11. The van der Waals surface area contributed by atoms with Gasteiger partial charge in [0.15, 0.2) is 17.5 Å². The molecule has 0 fully saturated rings. The highest BCUT2D eigenvalue weighted by molar-refractivity contribution is 6.13. The van der Waals surface area contributed by atoms with Gasteiger partial charge >= 0.3 is 0 Å². The van der Waals surface area contributed by atoms with Crippen LogP contribution >= 0.6 is 0 Å². The number of para-hydroxylation sites is 1. The van der Waals surface area contributed by atoms with Gasteiger partial charge in [-0.05, 0) is 64.7 Å². The number of hydrogen-bond acceptors (Lipinski definition) is 5. The summed E-state index contributed by atoms with van der Waals surface area (Å²) in [6.07, 6.45) is 0. The zero-order chi connectivity index (χ0) is 33.0. The van der Waals surface area contributed by atoms with E-state index in [-0.39, 0.29) is 0 Å². The molecule has 3 heterocycles. The molecule has 0 aliphatic carbocycles. The van der Waals surface area contributed by atoms with Crippen molar-refractivity contribution in [3.8, 4) is 56.4 Å². The highest BCUT2D eigenvalue weighted by atomic mass is 16.3. The van der Waals surface area contributed by atoms with Gasteiger partial charge in [-0.25, -0.2) is 15.0 Å². The van der Waals surface area contributed by atoms with E-state index in [1.165, 1.54) is 11.1 Å². The third kappa shape index (κ3) is 4.75. The lowest BCUT2D eigenvalue weighted by molar-refractivity contribution is 0.668. The van der Waals surface area contributed by atoms with Crippen LogP contribution in [0.4, 0.5) is 0 Å². The molecule has 0 spiro atoms. The minimum absolute atomic E-state index is 0.566. The Morgan fingerprint density at radius 3 is 1.58 bits per heavy atom. The van der Waals surface area contributed by atoms with E-state index < -0.39 is 0 Å². The fourth-order valence-electron chi connectivity index (χ4n) is 6.92. The van der Waals surface area contributed by atoms with Crippen LogP contribution in [0, 0.1) is 0 Å². The summed E-state index contributed by atoms with van der Waals surface area (Å²) in [6.45, 7) is 0. The van der Waals surface area contributed by atoms with Crippen LogP contribution in [0.15, 0.2) is 173 Å². The lowest BCUT2D eigenvalue weighted by atomic mass is 9.96. The number of fused-ring (bicyclic) bond motifs is 6. The van der Waals surface area contributed by atoms with Crippen LogP contribution < -0.4 is 0 Å². The Bertz CT molecular complexity index is 2870. The molecule has 5 heteroatoms. The summed E-state index contributed by atoms with van der Waals surface area (Å²) in [5.74, 6) is 1.73. The summed E-state index contributed by atoms with van der Waals surface area (Å²) >= 11 is 0. The first-order valence-corrected chi connectivity index (χ1v) is 16.6. The van der Waals surface area contributed by atoms with E-state index in [0.29, 0.717) is 17.5 Å². The van der Waals surface area contributed by atoms with Crippen molar-refractivity contribution in [2.24, 2.45) is 0 Å². The van der Waals surface area contributed by atoms with Crippen LogP contribution in [0.25, 0.3) is 100 Å². The number of hydrogen-bond donors (Lipinski definition) is 0. The van der Waals surface area contributed by atoms with Crippen molar-refractivity contribution in [3.63, 3.8) is 0 Å². The number of aromatic nitrogens is 3. The monoisotopic (exact) mass is 641 g/mol. The molecule has 50 heavy (non-hydrogen) atoms. The molecule has 10 aromatic rings. The van der Waals surface area contributed by atoms with Crippen molar-refractivity contribution >= 4 is 43.9 Å². The van der Waals surface area contributed by atoms with Crippen LogP contribution in [-0.2, 0) is 0 Å². The molecule has 0 aliphatic rings. The molecule has 5 nitrogen and oxygen atoms in total. The summed E-state index contributed by atoms with van der Waals surface area (Å²) in [7, 11) is 0. The van der Waals surface area contributed by atoms with E-state index in [1.807, 2.05) is 72.8 Å². The van der Waals surface area contributed by atoms with Crippen molar-refractivity contribution in [2.75, 3.05) is 0 Å². The number of nitrogens with zero attached hydrogens (tertiary/aromatic N) is 3. The van der Waals surface area contributed by atoms with Gasteiger partial charge in [0.2, 0.25) is 0 Å². The average Bonchev–Trinajstić information content (AvgIpc) is 3.76. The summed E-state index contributed by atoms with van der Waals surface area (Å²) in [5.41, 5.74) is 10.5. The van der Waals surface area contributed by atoms with Crippen LogP contribution in [0.5, 0.6) is 0 Å². The first-order valence-electron chi connectivity index (χ1n) is 16.6. The predicted molar refractivity (Wildman–Crippen MR) is 202 cm³/mol. The largest absolute Gasteiger partial charge is 0.456 e. The molecule has 0 N–H and O–H groups in total. The normalized spacial score (nSPS) is 11.6. The van der Waals surface area contributed by atoms with Crippen LogP contribution in [0.3, 0.4) is 0 Å². The summed E-state index contributed by atoms with van der Waals surface area (Å²) < 4.78 is 12.7. The maximum absolute atomic E-state index is 6.51. The van der Waals surface area contributed by atoms with Crippen LogP contribution in [-0.4, -0.2) is 15.0 Å². The molecule has 0 unspecified atom stereocenters. The molecule has 0 amide bonds. The summed E-state index contributed by atoms with van der Waals surface area (Å²) in [4.78, 5) is 14.9. The smallest absolute Gasteiger partial charge is 0.164 e. The van der Waals surface area contributed by atoms with E-state index in [4.69, 9.17) is 23.8 Å². The molecule has 0 saturated heterocycles. The number of benzene rings is 7. The quantitative estimate of drug-likeness (QED) is 0.187. The Hall–Kier alpha value is -6.85. The van der Waals surface area contributed by atoms with Gasteiger partial charge in [-0.2, -0.15) is 0 Å². The zero-order valence-corrected chi connectivity index (χ0v) is 26.7. The molecular weight excluding hydrogens is 615 g/mol. The van der Waals surface area contributed by atoms with Gasteiger partial charge in [-0.15, -0.1) is 0 Å². The minimum Gasteiger partial charge on any atom is -0.456 e. The van der Waals surface area contributed by atoms with Gasteiger partial charge in [-0.1, -0.05) is 121 Å². The van der Waals surface area contributed by atoms with E-state index in [2.05, 4.69) is 91.0 Å². The molecule has 7 aromatic carbocycles. The Labute approximate surface area is 287 Å². The van der Waals surface area contributed by atoms with Crippen molar-refractivity contribution in [3.05, 3.63) is 164 Å². The van der Waals surface area contributed by atoms with Gasteiger partial charge in [0.1, 0.15) is 22.3 Å². The second-order valence-corrected chi connectivity index (χ2v) is 12.4. The third-order valence-corrected chi connectivity index (χ3v) is 9.34. The molecule has 10 rings (SSSR count). The molecule has 0 radical (unpaired) electrons. The second-order valence-electron chi connectivity index (χ2n) is 12.4. The molecule has 0 aliphatic heterocycles. The highest BCUT2D eigenvalue weighted by Gasteiger charge is 2.18. The maximum atomic E-state index is 6.51. The predicted octanol–water partition coefficient (Wildman–Crippen LogP) is 12.0. The molecule has 0 atom stereocenters. The highest BCUT2D eigenvalue weighted by Crippen LogP contribution is 2.39. The van der Waals surface area contributed by atoms with Gasteiger partial charge in [0.25, 0.3) is 0 Å². The fourth-order valence-corrected chi connectivity index (χ4v) is 6.92. The molecule has 0 saturated carbocycles. The molecule has 0 bridgehead atoms. The van der Waals surface area contributed by atoms with Gasteiger partial charge in [0, 0.05) is 38.2 Å². The molecular formula is C45H27N3O2. The fraction of sp³-hybridized carbons (Fsp3) is 0. The van der Waals surface area contributed by atoms with Gasteiger partial charge < -0.3 is 8.83 Å². The average molecular weight is 642 g/mol. The van der Waals surface area contributed by atoms with E-state index in [1.54, 1.807) is 0 Å². The SMILES string of the molecule is c1ccc(-c2cccc(-c3cccc4oc5cc(-c6nc(-c7ccccc7)nc(-c7ccc8c(c7)oc7ccccc78)n6)ccc5c34)c2)cc1. The van der Waals surface area contributed by atoms with E-state index in [9.17, 15) is 0 Å².